The van der Waals surface area contributed by atoms with Crippen LogP contribution in [0.4, 0.5) is 0 Å². The summed E-state index contributed by atoms with van der Waals surface area (Å²) < 4.78 is 0. The SMILES string of the molecule is CCCCCCC1C(=O)CCC1N(CCO)CCO. The average Bonchev–Trinajstić information content (AvgIpc) is 2.76. The van der Waals surface area contributed by atoms with Crippen LogP contribution in [0.1, 0.15) is 51.9 Å². The lowest BCUT2D eigenvalue weighted by molar-refractivity contribution is -0.121. The topological polar surface area (TPSA) is 60.8 Å². The summed E-state index contributed by atoms with van der Waals surface area (Å²) in [4.78, 5) is 14.1. The van der Waals surface area contributed by atoms with Crippen LogP contribution in [0.3, 0.4) is 0 Å². The lowest BCUT2D eigenvalue weighted by atomic mass is 9.94. The minimum atomic E-state index is 0.0905. The Morgan fingerprint density at radius 1 is 1.16 bits per heavy atom. The van der Waals surface area contributed by atoms with E-state index in [1.807, 2.05) is 0 Å². The van der Waals surface area contributed by atoms with Crippen LogP contribution in [0.2, 0.25) is 0 Å². The summed E-state index contributed by atoms with van der Waals surface area (Å²) in [6, 6.07) is 0.230. The number of carbonyl (C=O) groups excluding carboxylic acids is 1. The molecule has 0 heterocycles. The van der Waals surface area contributed by atoms with Gasteiger partial charge in [0.1, 0.15) is 5.78 Å². The first kappa shape index (κ1) is 16.6. The Kier molecular flexibility index (Phi) is 8.26. The standard InChI is InChI=1S/C15H29NO3/c1-2-3-4-5-6-13-14(7-8-15(13)19)16(9-11-17)10-12-18/h13-14,17-18H,2-12H2,1H3. The Balaban J connectivity index is 2.50. The third-order valence-electron chi connectivity index (χ3n) is 4.18. The van der Waals surface area contributed by atoms with E-state index in [1.165, 1.54) is 19.3 Å². The van der Waals surface area contributed by atoms with Gasteiger partial charge in [0.15, 0.2) is 0 Å². The van der Waals surface area contributed by atoms with E-state index in [0.717, 1.165) is 19.3 Å². The van der Waals surface area contributed by atoms with E-state index < -0.39 is 0 Å². The first-order valence-corrected chi connectivity index (χ1v) is 7.73. The van der Waals surface area contributed by atoms with E-state index in [-0.39, 0.29) is 25.2 Å². The summed E-state index contributed by atoms with van der Waals surface area (Å²) in [5.41, 5.74) is 0. The predicted molar refractivity (Wildman–Crippen MR) is 76.0 cm³/mol. The maximum absolute atomic E-state index is 12.0. The van der Waals surface area contributed by atoms with E-state index in [9.17, 15) is 4.79 Å². The summed E-state index contributed by atoms with van der Waals surface area (Å²) in [7, 11) is 0. The van der Waals surface area contributed by atoms with Crippen molar-refractivity contribution in [3.05, 3.63) is 0 Å². The van der Waals surface area contributed by atoms with Crippen molar-refractivity contribution in [2.24, 2.45) is 5.92 Å². The Labute approximate surface area is 116 Å². The highest BCUT2D eigenvalue weighted by atomic mass is 16.3. The molecule has 0 aromatic carbocycles. The molecule has 1 aliphatic carbocycles. The molecule has 0 saturated heterocycles. The van der Waals surface area contributed by atoms with Gasteiger partial charge in [0.05, 0.1) is 13.2 Å². The molecule has 0 aromatic heterocycles. The highest BCUT2D eigenvalue weighted by molar-refractivity contribution is 5.84. The molecule has 0 aromatic rings. The number of rotatable bonds is 10. The number of nitrogens with zero attached hydrogens (tertiary/aromatic N) is 1. The van der Waals surface area contributed by atoms with Gasteiger partial charge in [0.2, 0.25) is 0 Å². The number of unbranched alkanes of at least 4 members (excludes halogenated alkanes) is 3. The first-order valence-electron chi connectivity index (χ1n) is 7.73. The molecule has 2 atom stereocenters. The van der Waals surface area contributed by atoms with Gasteiger partial charge in [-0.1, -0.05) is 32.6 Å². The summed E-state index contributed by atoms with van der Waals surface area (Å²) in [6.45, 7) is 3.49. The molecule has 0 aliphatic heterocycles. The third-order valence-corrected chi connectivity index (χ3v) is 4.18. The van der Waals surface area contributed by atoms with Crippen molar-refractivity contribution >= 4 is 5.78 Å². The summed E-state index contributed by atoms with van der Waals surface area (Å²) in [6.07, 6.45) is 7.29. The van der Waals surface area contributed by atoms with Gasteiger partial charge >= 0.3 is 0 Å². The molecular weight excluding hydrogens is 242 g/mol. The number of carbonyl (C=O) groups is 1. The molecule has 0 bridgehead atoms. The molecule has 2 N–H and O–H groups in total. The van der Waals surface area contributed by atoms with Crippen molar-refractivity contribution in [3.63, 3.8) is 0 Å². The lowest BCUT2D eigenvalue weighted by Gasteiger charge is -2.31. The Hall–Kier alpha value is -0.450. The fourth-order valence-corrected chi connectivity index (χ4v) is 3.17. The van der Waals surface area contributed by atoms with Crippen LogP contribution >= 0.6 is 0 Å². The van der Waals surface area contributed by atoms with Crippen molar-refractivity contribution in [1.82, 2.24) is 4.90 Å². The van der Waals surface area contributed by atoms with Gasteiger partial charge in [-0.05, 0) is 12.8 Å². The molecule has 4 nitrogen and oxygen atoms in total. The second kappa shape index (κ2) is 9.45. The van der Waals surface area contributed by atoms with E-state index >= 15 is 0 Å². The van der Waals surface area contributed by atoms with Crippen molar-refractivity contribution in [3.8, 4) is 0 Å². The van der Waals surface area contributed by atoms with Crippen LogP contribution < -0.4 is 0 Å². The molecular formula is C15H29NO3. The third kappa shape index (κ3) is 5.21. The Morgan fingerprint density at radius 3 is 2.42 bits per heavy atom. The molecule has 1 rings (SSSR count). The fraction of sp³-hybridized carbons (Fsp3) is 0.933. The number of hydrogen-bond donors (Lipinski definition) is 2. The van der Waals surface area contributed by atoms with Gasteiger partial charge in [-0.2, -0.15) is 0 Å². The van der Waals surface area contributed by atoms with Gasteiger partial charge < -0.3 is 10.2 Å². The minimum Gasteiger partial charge on any atom is -0.395 e. The zero-order valence-electron chi connectivity index (χ0n) is 12.2. The minimum absolute atomic E-state index is 0.0905. The lowest BCUT2D eigenvalue weighted by Crippen LogP contribution is -2.42. The van der Waals surface area contributed by atoms with Crippen LogP contribution in [0.15, 0.2) is 0 Å². The summed E-state index contributed by atoms with van der Waals surface area (Å²) in [5.74, 6) is 0.498. The highest BCUT2D eigenvalue weighted by Crippen LogP contribution is 2.31. The Bertz CT molecular complexity index is 252. The molecule has 0 amide bonds. The van der Waals surface area contributed by atoms with Crippen LogP contribution in [-0.4, -0.2) is 53.2 Å². The Morgan fingerprint density at radius 2 is 1.84 bits per heavy atom. The smallest absolute Gasteiger partial charge is 0.137 e. The number of ketones is 1. The zero-order chi connectivity index (χ0) is 14.1. The van der Waals surface area contributed by atoms with E-state index in [1.54, 1.807) is 0 Å². The molecule has 1 aliphatic rings. The number of aliphatic hydroxyl groups is 2. The van der Waals surface area contributed by atoms with E-state index in [2.05, 4.69) is 11.8 Å². The zero-order valence-corrected chi connectivity index (χ0v) is 12.2. The van der Waals surface area contributed by atoms with Gasteiger partial charge in [0, 0.05) is 31.5 Å². The van der Waals surface area contributed by atoms with Gasteiger partial charge in [-0.25, -0.2) is 0 Å². The quantitative estimate of drug-likeness (QED) is 0.592. The molecule has 0 spiro atoms. The molecule has 1 fully saturated rings. The fourth-order valence-electron chi connectivity index (χ4n) is 3.17. The van der Waals surface area contributed by atoms with Gasteiger partial charge in [-0.3, -0.25) is 9.69 Å². The largest absolute Gasteiger partial charge is 0.395 e. The van der Waals surface area contributed by atoms with Crippen molar-refractivity contribution in [2.75, 3.05) is 26.3 Å². The number of hydrogen-bond acceptors (Lipinski definition) is 4. The normalized spacial score (nSPS) is 23.5. The number of Topliss-reactive ketones (excluding diaryl/α,β-unsaturated/α-hetero) is 1. The first-order chi connectivity index (χ1) is 9.24. The molecule has 0 radical (unpaired) electrons. The van der Waals surface area contributed by atoms with E-state index in [0.29, 0.717) is 25.3 Å². The van der Waals surface area contributed by atoms with Gasteiger partial charge in [-0.15, -0.1) is 0 Å². The van der Waals surface area contributed by atoms with Crippen molar-refractivity contribution in [2.45, 2.75) is 57.9 Å². The second-order valence-corrected chi connectivity index (χ2v) is 5.51. The second-order valence-electron chi connectivity index (χ2n) is 5.51. The van der Waals surface area contributed by atoms with Crippen LogP contribution in [0, 0.1) is 5.92 Å². The van der Waals surface area contributed by atoms with Crippen LogP contribution in [0.5, 0.6) is 0 Å². The highest BCUT2D eigenvalue weighted by Gasteiger charge is 2.37. The maximum atomic E-state index is 12.0. The maximum Gasteiger partial charge on any atom is 0.137 e. The van der Waals surface area contributed by atoms with Crippen molar-refractivity contribution in [1.29, 1.82) is 0 Å². The molecule has 2 unspecified atom stereocenters. The van der Waals surface area contributed by atoms with Crippen LogP contribution in [0.25, 0.3) is 0 Å². The summed E-state index contributed by atoms with van der Waals surface area (Å²) in [5, 5.41) is 18.2. The molecule has 1 saturated carbocycles. The monoisotopic (exact) mass is 271 g/mol. The average molecular weight is 271 g/mol. The number of aliphatic hydroxyl groups excluding tert-OH is 2. The molecule has 112 valence electrons. The predicted octanol–water partition coefficient (Wildman–Crippen LogP) is 1.59. The van der Waals surface area contributed by atoms with Gasteiger partial charge in [0.25, 0.3) is 0 Å². The molecule has 4 heteroatoms. The van der Waals surface area contributed by atoms with Crippen LogP contribution in [-0.2, 0) is 4.79 Å². The molecule has 19 heavy (non-hydrogen) atoms. The summed E-state index contributed by atoms with van der Waals surface area (Å²) >= 11 is 0. The van der Waals surface area contributed by atoms with Crippen molar-refractivity contribution < 1.29 is 15.0 Å². The van der Waals surface area contributed by atoms with E-state index in [4.69, 9.17) is 10.2 Å².